The van der Waals surface area contributed by atoms with Gasteiger partial charge in [-0.1, -0.05) is 82.7 Å². The van der Waals surface area contributed by atoms with Gasteiger partial charge in [-0.05, 0) is 72.0 Å². The molecule has 5 aromatic rings. The number of halogens is 1. The molecule has 1 N–H and O–H groups in total. The lowest BCUT2D eigenvalue weighted by Gasteiger charge is -2.15. The van der Waals surface area contributed by atoms with E-state index < -0.39 is 0 Å². The molecule has 5 nitrogen and oxygen atoms in total. The quantitative estimate of drug-likeness (QED) is 0.234. The molecule has 190 valence electrons. The second-order valence-electron chi connectivity index (χ2n) is 9.06. The third-order valence-corrected chi connectivity index (χ3v) is 7.00. The normalized spacial score (nSPS) is 11.2. The number of carbonyl (C=O) groups is 1. The number of aryl methyl sites for hydroxylation is 1. The molecule has 1 atom stereocenters. The average Bonchev–Trinajstić information content (AvgIpc) is 3.24. The van der Waals surface area contributed by atoms with Gasteiger partial charge in [0, 0.05) is 33.7 Å². The van der Waals surface area contributed by atoms with E-state index in [9.17, 15) is 4.79 Å². The molecule has 0 bridgehead atoms. The van der Waals surface area contributed by atoms with E-state index in [2.05, 4.69) is 93.5 Å². The molecule has 5 rings (SSSR count). The number of aromatic nitrogens is 1. The largest absolute Gasteiger partial charge is 0.373 e. The lowest BCUT2D eigenvalue weighted by atomic mass is 10.0. The van der Waals surface area contributed by atoms with E-state index in [1.54, 1.807) is 0 Å². The maximum absolute atomic E-state index is 13.0. The molecular formula is C32H27BrN2O3. The predicted octanol–water partition coefficient (Wildman–Crippen LogP) is 7.34. The third kappa shape index (κ3) is 6.35. The van der Waals surface area contributed by atoms with Crippen LogP contribution >= 0.6 is 15.9 Å². The molecule has 0 unspecified atom stereocenters. The fourth-order valence-corrected chi connectivity index (χ4v) is 4.76. The molecule has 38 heavy (non-hydrogen) atoms. The van der Waals surface area contributed by atoms with Crippen molar-refractivity contribution in [1.82, 2.24) is 9.88 Å². The molecule has 1 amide bonds. The number of nitrogens with zero attached hydrogens (tertiary/aromatic N) is 1. The zero-order valence-corrected chi connectivity index (χ0v) is 22.7. The van der Waals surface area contributed by atoms with Gasteiger partial charge in [-0.3, -0.25) is 4.79 Å². The Morgan fingerprint density at radius 3 is 2.18 bits per heavy atom. The Morgan fingerprint density at radius 1 is 0.895 bits per heavy atom. The summed E-state index contributed by atoms with van der Waals surface area (Å²) in [4.78, 5) is 29.2. The first-order valence-electron chi connectivity index (χ1n) is 12.2. The maximum Gasteiger partial charge on any atom is 0.373 e. The Hall–Kier alpha value is -4.25. The van der Waals surface area contributed by atoms with E-state index in [0.717, 1.165) is 33.0 Å². The van der Waals surface area contributed by atoms with E-state index in [0.29, 0.717) is 5.56 Å². The molecule has 1 heterocycles. The summed E-state index contributed by atoms with van der Waals surface area (Å²) in [6, 6.07) is 33.1. The Morgan fingerprint density at radius 2 is 1.53 bits per heavy atom. The lowest BCUT2D eigenvalue weighted by Crippen LogP contribution is -2.26. The maximum atomic E-state index is 13.0. The molecular weight excluding hydrogens is 540 g/mol. The van der Waals surface area contributed by atoms with E-state index in [1.807, 2.05) is 49.4 Å². The molecule has 0 radical (unpaired) electrons. The number of fused-ring (bicyclic) bond motifs is 1. The minimum absolute atomic E-state index is 0.0639. The number of nitrogens with one attached hydrogen (secondary N) is 1. The van der Waals surface area contributed by atoms with E-state index in [1.165, 1.54) is 16.7 Å². The molecule has 0 saturated heterocycles. The molecule has 0 aliphatic carbocycles. The van der Waals surface area contributed by atoms with Crippen molar-refractivity contribution in [2.45, 2.75) is 26.4 Å². The number of amides is 1. The zero-order chi connectivity index (χ0) is 27.1. The van der Waals surface area contributed by atoms with Crippen LogP contribution in [0.4, 0.5) is 0 Å². The molecule has 0 aliphatic heterocycles. The van der Waals surface area contributed by atoms with Crippen molar-refractivity contribution in [3.05, 3.63) is 130 Å². The summed E-state index contributed by atoms with van der Waals surface area (Å²) >= 11 is 3.46. The standard InChI is InChI=1S/C31H27BrN2O.CO2/c1-21-19-34(20-23-8-10-26(11-9-23)25-6-4-3-5-7-25)30-17-14-27(18-29(21)30)31(35)33-22(2)24-12-15-28(32)16-13-24;2-1-3/h3-19,22H,20H2,1-2H3,(H,33,35);/t22-;/m0./s1. The second-order valence-corrected chi connectivity index (χ2v) is 9.98. The van der Waals surface area contributed by atoms with Crippen LogP contribution in [0.2, 0.25) is 0 Å². The summed E-state index contributed by atoms with van der Waals surface area (Å²) in [6.45, 7) is 4.89. The Labute approximate surface area is 230 Å². The van der Waals surface area contributed by atoms with Crippen LogP contribution in [0.15, 0.2) is 108 Å². The monoisotopic (exact) mass is 566 g/mol. The van der Waals surface area contributed by atoms with Gasteiger partial charge < -0.3 is 9.88 Å². The number of hydrogen-bond donors (Lipinski definition) is 1. The van der Waals surface area contributed by atoms with Gasteiger partial charge in [0.05, 0.1) is 6.04 Å². The number of benzene rings is 4. The van der Waals surface area contributed by atoms with Crippen molar-refractivity contribution in [3.8, 4) is 11.1 Å². The summed E-state index contributed by atoms with van der Waals surface area (Å²) in [7, 11) is 0. The van der Waals surface area contributed by atoms with Crippen LogP contribution in [0.25, 0.3) is 22.0 Å². The summed E-state index contributed by atoms with van der Waals surface area (Å²) in [5.41, 5.74) is 7.73. The topological polar surface area (TPSA) is 68.2 Å². The highest BCUT2D eigenvalue weighted by Crippen LogP contribution is 2.25. The first-order valence-corrected chi connectivity index (χ1v) is 13.0. The Kier molecular flexibility index (Phi) is 8.70. The number of carbonyl (C=O) groups excluding carboxylic acids is 3. The highest BCUT2D eigenvalue weighted by molar-refractivity contribution is 9.10. The van der Waals surface area contributed by atoms with E-state index >= 15 is 0 Å². The van der Waals surface area contributed by atoms with Gasteiger partial charge in [0.1, 0.15) is 0 Å². The molecule has 0 spiro atoms. The molecule has 6 heteroatoms. The third-order valence-electron chi connectivity index (χ3n) is 6.47. The molecule has 0 fully saturated rings. The van der Waals surface area contributed by atoms with Crippen molar-refractivity contribution >= 4 is 38.9 Å². The van der Waals surface area contributed by atoms with E-state index in [-0.39, 0.29) is 18.1 Å². The second kappa shape index (κ2) is 12.3. The van der Waals surface area contributed by atoms with Crippen LogP contribution in [0, 0.1) is 6.92 Å². The first-order chi connectivity index (χ1) is 18.4. The number of rotatable bonds is 6. The smallest absolute Gasteiger partial charge is 0.346 e. The van der Waals surface area contributed by atoms with Crippen LogP contribution in [0.3, 0.4) is 0 Å². The van der Waals surface area contributed by atoms with Gasteiger partial charge in [-0.25, -0.2) is 0 Å². The van der Waals surface area contributed by atoms with Crippen molar-refractivity contribution in [2.75, 3.05) is 0 Å². The minimum Gasteiger partial charge on any atom is -0.346 e. The average molecular weight is 567 g/mol. The van der Waals surface area contributed by atoms with Crippen LogP contribution in [-0.4, -0.2) is 16.6 Å². The van der Waals surface area contributed by atoms with Gasteiger partial charge in [-0.15, -0.1) is 0 Å². The summed E-state index contributed by atoms with van der Waals surface area (Å²) in [6.07, 6.45) is 2.42. The Balaban J connectivity index is 0.00000107. The highest BCUT2D eigenvalue weighted by Gasteiger charge is 2.14. The van der Waals surface area contributed by atoms with Crippen LogP contribution in [0.1, 0.15) is 40.0 Å². The van der Waals surface area contributed by atoms with Crippen LogP contribution in [0.5, 0.6) is 0 Å². The van der Waals surface area contributed by atoms with E-state index in [4.69, 9.17) is 9.59 Å². The lowest BCUT2D eigenvalue weighted by molar-refractivity contribution is -0.191. The van der Waals surface area contributed by atoms with Crippen LogP contribution in [-0.2, 0) is 16.1 Å². The predicted molar refractivity (Wildman–Crippen MR) is 153 cm³/mol. The van der Waals surface area contributed by atoms with Crippen molar-refractivity contribution in [1.29, 1.82) is 0 Å². The summed E-state index contributed by atoms with van der Waals surface area (Å²) in [5, 5.41) is 4.23. The fraction of sp³-hybridized carbons (Fsp3) is 0.125. The van der Waals surface area contributed by atoms with Gasteiger partial charge in [0.25, 0.3) is 5.91 Å². The number of hydrogen-bond acceptors (Lipinski definition) is 3. The fourth-order valence-electron chi connectivity index (χ4n) is 4.49. The van der Waals surface area contributed by atoms with Gasteiger partial charge in [0.15, 0.2) is 0 Å². The summed E-state index contributed by atoms with van der Waals surface area (Å²) < 4.78 is 3.28. The van der Waals surface area contributed by atoms with Crippen LogP contribution < -0.4 is 5.32 Å². The van der Waals surface area contributed by atoms with Crippen molar-refractivity contribution in [2.24, 2.45) is 0 Å². The zero-order valence-electron chi connectivity index (χ0n) is 21.1. The van der Waals surface area contributed by atoms with Crippen molar-refractivity contribution < 1.29 is 14.4 Å². The molecule has 0 aliphatic rings. The van der Waals surface area contributed by atoms with Gasteiger partial charge in [-0.2, -0.15) is 9.59 Å². The van der Waals surface area contributed by atoms with Crippen molar-refractivity contribution in [3.63, 3.8) is 0 Å². The Bertz CT molecular complexity index is 1570. The van der Waals surface area contributed by atoms with Gasteiger partial charge >= 0.3 is 6.15 Å². The SMILES string of the molecule is Cc1cn(Cc2ccc(-c3ccccc3)cc2)c2ccc(C(=O)N[C@@H](C)c3ccc(Br)cc3)cc12.O=C=O. The minimum atomic E-state index is -0.0733. The highest BCUT2D eigenvalue weighted by atomic mass is 79.9. The molecule has 1 aromatic heterocycles. The van der Waals surface area contributed by atoms with Gasteiger partial charge in [0.2, 0.25) is 0 Å². The molecule has 4 aromatic carbocycles. The summed E-state index contributed by atoms with van der Waals surface area (Å²) in [5.74, 6) is -0.0639. The first kappa shape index (κ1) is 26.8. The molecule has 0 saturated carbocycles.